The first-order chi connectivity index (χ1) is 13.5. The maximum absolute atomic E-state index is 11.4. The van der Waals surface area contributed by atoms with Crippen LogP contribution in [0.25, 0.3) is 21.3 Å². The van der Waals surface area contributed by atoms with E-state index < -0.39 is 0 Å². The molecule has 1 aliphatic carbocycles. The molecule has 1 fully saturated rings. The average molecular weight is 396 g/mol. The number of hydrogen-bond donors (Lipinski definition) is 2. The number of nitrogens with zero attached hydrogens (tertiary/aromatic N) is 3. The zero-order valence-corrected chi connectivity index (χ0v) is 17.1. The van der Waals surface area contributed by atoms with Gasteiger partial charge in [0.15, 0.2) is 0 Å². The molecule has 3 aromatic rings. The third-order valence-electron chi connectivity index (χ3n) is 5.63. The van der Waals surface area contributed by atoms with Gasteiger partial charge in [-0.25, -0.2) is 9.97 Å². The lowest BCUT2D eigenvalue weighted by atomic mass is 9.81. The van der Waals surface area contributed by atoms with Gasteiger partial charge in [-0.05, 0) is 68.7 Å². The van der Waals surface area contributed by atoms with Gasteiger partial charge in [0.1, 0.15) is 11.6 Å². The molecule has 1 amide bonds. The van der Waals surface area contributed by atoms with Crippen LogP contribution in [0.5, 0.6) is 0 Å². The van der Waals surface area contributed by atoms with Crippen molar-refractivity contribution >= 4 is 34.0 Å². The molecule has 7 heteroatoms. The number of carbonyl (C=O) groups excluding carboxylic acids is 1. The van der Waals surface area contributed by atoms with Gasteiger partial charge in [-0.2, -0.15) is 0 Å². The number of hydrogen-bond acceptors (Lipinski definition) is 6. The molecule has 1 saturated carbocycles. The summed E-state index contributed by atoms with van der Waals surface area (Å²) in [6.45, 7) is 4.87. The van der Waals surface area contributed by atoms with Crippen LogP contribution >= 0.6 is 11.3 Å². The van der Waals surface area contributed by atoms with Crippen LogP contribution < -0.4 is 11.1 Å². The minimum absolute atomic E-state index is 0.0444. The van der Waals surface area contributed by atoms with Gasteiger partial charge in [0.05, 0.1) is 15.9 Å². The lowest BCUT2D eigenvalue weighted by Crippen LogP contribution is -2.29. The first kappa shape index (κ1) is 18.8. The summed E-state index contributed by atoms with van der Waals surface area (Å²) < 4.78 is 0. The van der Waals surface area contributed by atoms with Gasteiger partial charge >= 0.3 is 0 Å². The molecule has 0 saturated heterocycles. The Bertz CT molecular complexity index is 994. The molecule has 1 aromatic carbocycles. The van der Waals surface area contributed by atoms with Crippen molar-refractivity contribution in [3.8, 4) is 10.4 Å². The van der Waals surface area contributed by atoms with E-state index in [2.05, 4.69) is 39.3 Å². The Labute approximate surface area is 168 Å². The summed E-state index contributed by atoms with van der Waals surface area (Å²) in [5.74, 6) is 2.07. The highest BCUT2D eigenvalue weighted by Gasteiger charge is 2.24. The molecular formula is C21H25N5OS. The number of aromatic nitrogens is 3. The highest BCUT2D eigenvalue weighted by Crippen LogP contribution is 2.33. The molecule has 1 aliphatic rings. The molecule has 0 spiro atoms. The fourth-order valence-electron chi connectivity index (χ4n) is 4.04. The average Bonchev–Trinajstić information content (AvgIpc) is 3.22. The first-order valence-electron chi connectivity index (χ1n) is 9.72. The number of thiazole rings is 1. The van der Waals surface area contributed by atoms with Crippen molar-refractivity contribution in [2.24, 2.45) is 17.6 Å². The number of primary amides is 1. The molecule has 0 unspecified atom stereocenters. The quantitative estimate of drug-likeness (QED) is 0.679. The molecule has 2 heterocycles. The highest BCUT2D eigenvalue weighted by molar-refractivity contribution is 7.13. The van der Waals surface area contributed by atoms with Crippen LogP contribution in [0.15, 0.2) is 23.8 Å². The van der Waals surface area contributed by atoms with Gasteiger partial charge in [0.25, 0.3) is 0 Å². The second-order valence-corrected chi connectivity index (χ2v) is 8.56. The van der Waals surface area contributed by atoms with Gasteiger partial charge in [-0.3, -0.25) is 9.78 Å². The molecule has 0 aliphatic heterocycles. The molecule has 0 bridgehead atoms. The molecule has 6 nitrogen and oxygen atoms in total. The normalized spacial score (nSPS) is 19.6. The van der Waals surface area contributed by atoms with Crippen LogP contribution in [-0.2, 0) is 4.79 Å². The maximum Gasteiger partial charge on any atom is 0.220 e. The van der Waals surface area contributed by atoms with Gasteiger partial charge in [-0.1, -0.05) is 0 Å². The largest absolute Gasteiger partial charge is 0.369 e. The molecule has 2 aromatic heterocycles. The summed E-state index contributed by atoms with van der Waals surface area (Å²) in [4.78, 5) is 26.1. The number of amides is 1. The number of carbonyl (C=O) groups is 1. The van der Waals surface area contributed by atoms with Gasteiger partial charge < -0.3 is 11.1 Å². The third-order valence-corrected chi connectivity index (χ3v) is 6.45. The summed E-state index contributed by atoms with van der Waals surface area (Å²) >= 11 is 1.63. The van der Waals surface area contributed by atoms with E-state index in [1.807, 2.05) is 18.6 Å². The van der Waals surface area contributed by atoms with Crippen LogP contribution in [0.2, 0.25) is 0 Å². The lowest BCUT2D eigenvalue weighted by molar-refractivity contribution is -0.122. The fourth-order valence-corrected chi connectivity index (χ4v) is 4.66. The molecule has 28 heavy (non-hydrogen) atoms. The van der Waals surface area contributed by atoms with E-state index in [0.717, 1.165) is 70.8 Å². The van der Waals surface area contributed by atoms with Crippen molar-refractivity contribution in [1.29, 1.82) is 0 Å². The van der Waals surface area contributed by atoms with Crippen molar-refractivity contribution in [3.05, 3.63) is 35.2 Å². The van der Waals surface area contributed by atoms with E-state index in [1.54, 1.807) is 11.3 Å². The molecule has 3 N–H and O–H groups in total. The number of nitrogens with one attached hydrogen (secondary N) is 1. The predicted octanol–water partition coefficient (Wildman–Crippen LogP) is 4.07. The van der Waals surface area contributed by atoms with Crippen LogP contribution in [0.4, 0.5) is 5.82 Å². The second-order valence-electron chi connectivity index (χ2n) is 7.68. The van der Waals surface area contributed by atoms with E-state index in [0.29, 0.717) is 5.92 Å². The summed E-state index contributed by atoms with van der Waals surface area (Å²) in [7, 11) is 0. The Hall–Kier alpha value is -2.54. The van der Waals surface area contributed by atoms with Gasteiger partial charge in [0.2, 0.25) is 5.91 Å². The number of benzene rings is 1. The standard InChI is InChI=1S/C21H25N5OS/c1-12-7-16(18-10-23-11-28-18)8-17-19(12)25-13(2)26-21(17)24-9-14-3-5-15(6-4-14)20(22)27/h7-8,10-11,14-15H,3-6,9H2,1-2H3,(H2,22,27)(H,24,25,26). The first-order valence-corrected chi connectivity index (χ1v) is 10.6. The second kappa shape index (κ2) is 7.83. The molecule has 0 radical (unpaired) electrons. The zero-order chi connectivity index (χ0) is 19.7. The van der Waals surface area contributed by atoms with Gasteiger partial charge in [0, 0.05) is 24.0 Å². The lowest BCUT2D eigenvalue weighted by Gasteiger charge is -2.27. The van der Waals surface area contributed by atoms with Crippen LogP contribution in [0.3, 0.4) is 0 Å². The van der Waals surface area contributed by atoms with E-state index in [-0.39, 0.29) is 11.8 Å². The maximum atomic E-state index is 11.4. The smallest absolute Gasteiger partial charge is 0.220 e. The van der Waals surface area contributed by atoms with Crippen molar-refractivity contribution in [2.45, 2.75) is 39.5 Å². The van der Waals surface area contributed by atoms with Crippen LogP contribution in [0, 0.1) is 25.7 Å². The van der Waals surface area contributed by atoms with Crippen molar-refractivity contribution in [2.75, 3.05) is 11.9 Å². The Kier molecular flexibility index (Phi) is 5.26. The number of anilines is 1. The molecule has 0 atom stereocenters. The Morgan fingerprint density at radius 2 is 2.00 bits per heavy atom. The van der Waals surface area contributed by atoms with Crippen molar-refractivity contribution < 1.29 is 4.79 Å². The molecule has 4 rings (SSSR count). The Morgan fingerprint density at radius 1 is 1.21 bits per heavy atom. The predicted molar refractivity (Wildman–Crippen MR) is 113 cm³/mol. The van der Waals surface area contributed by atoms with Crippen molar-refractivity contribution in [3.63, 3.8) is 0 Å². The number of nitrogens with two attached hydrogens (primary N) is 1. The Morgan fingerprint density at radius 3 is 2.68 bits per heavy atom. The third kappa shape index (κ3) is 3.85. The monoisotopic (exact) mass is 395 g/mol. The Balaban J connectivity index is 1.59. The van der Waals surface area contributed by atoms with Crippen LogP contribution in [0.1, 0.15) is 37.1 Å². The molecular weight excluding hydrogens is 370 g/mol. The SMILES string of the molecule is Cc1nc(NCC2CCC(C(N)=O)CC2)c2cc(-c3cncs3)cc(C)c2n1. The van der Waals surface area contributed by atoms with E-state index in [1.165, 1.54) is 0 Å². The van der Waals surface area contributed by atoms with E-state index in [4.69, 9.17) is 5.73 Å². The van der Waals surface area contributed by atoms with E-state index in [9.17, 15) is 4.79 Å². The summed E-state index contributed by atoms with van der Waals surface area (Å²) in [5.41, 5.74) is 10.6. The zero-order valence-electron chi connectivity index (χ0n) is 16.2. The summed E-state index contributed by atoms with van der Waals surface area (Å²) in [5, 5.41) is 4.60. The number of aryl methyl sites for hydroxylation is 2. The van der Waals surface area contributed by atoms with Crippen molar-refractivity contribution in [1.82, 2.24) is 15.0 Å². The van der Waals surface area contributed by atoms with Crippen LogP contribution in [-0.4, -0.2) is 27.4 Å². The number of rotatable bonds is 5. The fraction of sp³-hybridized carbons (Fsp3) is 0.429. The van der Waals surface area contributed by atoms with E-state index >= 15 is 0 Å². The minimum atomic E-state index is -0.158. The molecule has 146 valence electrons. The van der Waals surface area contributed by atoms with Gasteiger partial charge in [-0.15, -0.1) is 11.3 Å². The highest BCUT2D eigenvalue weighted by atomic mass is 32.1. The summed E-state index contributed by atoms with van der Waals surface area (Å²) in [6, 6.07) is 4.32. The number of fused-ring (bicyclic) bond motifs is 1. The summed E-state index contributed by atoms with van der Waals surface area (Å²) in [6.07, 6.45) is 5.71. The minimum Gasteiger partial charge on any atom is -0.369 e. The topological polar surface area (TPSA) is 93.8 Å².